The van der Waals surface area contributed by atoms with Crippen LogP contribution >= 0.6 is 0 Å². The summed E-state index contributed by atoms with van der Waals surface area (Å²) >= 11 is 0. The van der Waals surface area contributed by atoms with Crippen molar-refractivity contribution < 1.29 is 9.53 Å². The van der Waals surface area contributed by atoms with Crippen molar-refractivity contribution in [3.63, 3.8) is 0 Å². The Hall–Kier alpha value is -1.79. The molecule has 2 fully saturated rings. The van der Waals surface area contributed by atoms with Gasteiger partial charge in [-0.25, -0.2) is 4.79 Å². The Morgan fingerprint density at radius 2 is 2.04 bits per heavy atom. The highest BCUT2D eigenvalue weighted by Crippen LogP contribution is 2.25. The lowest BCUT2D eigenvalue weighted by Gasteiger charge is -2.40. The monoisotopic (exact) mass is 374 g/mol. The van der Waals surface area contributed by atoms with Crippen molar-refractivity contribution in [1.29, 1.82) is 0 Å². The molecule has 0 spiro atoms. The first-order valence-corrected chi connectivity index (χ1v) is 10.2. The summed E-state index contributed by atoms with van der Waals surface area (Å²) in [5.74, 6) is 0. The molecule has 0 bridgehead atoms. The number of carbonyl (C=O) groups is 1. The van der Waals surface area contributed by atoms with Crippen LogP contribution in [0.2, 0.25) is 0 Å². The van der Waals surface area contributed by atoms with Gasteiger partial charge >= 0.3 is 6.03 Å². The number of amides is 2. The maximum absolute atomic E-state index is 12.8. The molecule has 6 nitrogen and oxygen atoms in total. The average Bonchev–Trinajstić information content (AvgIpc) is 2.69. The normalized spacial score (nSPS) is 23.9. The largest absolute Gasteiger partial charge is 0.378 e. The van der Waals surface area contributed by atoms with Crippen LogP contribution in [0.4, 0.5) is 16.2 Å². The van der Waals surface area contributed by atoms with E-state index >= 15 is 0 Å². The summed E-state index contributed by atoms with van der Waals surface area (Å²) in [5, 5.41) is 3.11. The minimum atomic E-state index is -0.0145. The second kappa shape index (κ2) is 8.93. The van der Waals surface area contributed by atoms with E-state index in [0.29, 0.717) is 12.1 Å². The zero-order valence-electron chi connectivity index (χ0n) is 17.2. The van der Waals surface area contributed by atoms with Crippen LogP contribution in [0, 0.1) is 6.92 Å². The van der Waals surface area contributed by atoms with Gasteiger partial charge in [-0.15, -0.1) is 0 Å². The Balaban J connectivity index is 1.60. The number of urea groups is 1. The van der Waals surface area contributed by atoms with Crippen molar-refractivity contribution in [2.75, 3.05) is 56.7 Å². The van der Waals surface area contributed by atoms with Crippen molar-refractivity contribution in [2.24, 2.45) is 0 Å². The second-order valence-electron chi connectivity index (χ2n) is 7.80. The van der Waals surface area contributed by atoms with Gasteiger partial charge in [-0.1, -0.05) is 6.92 Å². The molecule has 150 valence electrons. The molecule has 27 heavy (non-hydrogen) atoms. The highest BCUT2D eigenvalue weighted by atomic mass is 16.5. The van der Waals surface area contributed by atoms with Gasteiger partial charge in [0, 0.05) is 50.1 Å². The van der Waals surface area contributed by atoms with Crippen LogP contribution in [0.5, 0.6) is 0 Å². The third kappa shape index (κ3) is 4.74. The summed E-state index contributed by atoms with van der Waals surface area (Å²) in [5.41, 5.74) is 3.18. The number of ether oxygens (including phenoxy) is 1. The molecule has 2 aliphatic rings. The number of hydrogen-bond donors (Lipinski definition) is 1. The SMILES string of the molecule is CCN1CC[C@H](N(C)C(=O)Nc2ccc(N3CCOCC3)cc2C)C[C@H]1C. The van der Waals surface area contributed by atoms with Crippen LogP contribution in [0.15, 0.2) is 18.2 Å². The molecule has 2 amide bonds. The van der Waals surface area contributed by atoms with Crippen LogP contribution in [-0.2, 0) is 4.74 Å². The molecular formula is C21H34N4O2. The molecule has 0 unspecified atom stereocenters. The number of nitrogens with one attached hydrogen (secondary N) is 1. The lowest BCUT2D eigenvalue weighted by molar-refractivity contribution is 0.104. The molecule has 0 aromatic heterocycles. The summed E-state index contributed by atoms with van der Waals surface area (Å²) in [6, 6.07) is 7.08. The summed E-state index contributed by atoms with van der Waals surface area (Å²) in [6.07, 6.45) is 2.07. The molecular weight excluding hydrogens is 340 g/mol. The number of carbonyl (C=O) groups excluding carboxylic acids is 1. The van der Waals surface area contributed by atoms with Gasteiger partial charge in [-0.3, -0.25) is 0 Å². The van der Waals surface area contributed by atoms with Gasteiger partial charge in [0.1, 0.15) is 0 Å². The van der Waals surface area contributed by atoms with Gasteiger partial charge in [0.25, 0.3) is 0 Å². The Morgan fingerprint density at radius 1 is 1.30 bits per heavy atom. The van der Waals surface area contributed by atoms with Crippen molar-refractivity contribution in [3.05, 3.63) is 23.8 Å². The van der Waals surface area contributed by atoms with Crippen molar-refractivity contribution in [3.8, 4) is 0 Å². The lowest BCUT2D eigenvalue weighted by atomic mass is 9.97. The zero-order chi connectivity index (χ0) is 19.4. The van der Waals surface area contributed by atoms with Crippen LogP contribution in [-0.4, -0.2) is 74.4 Å². The number of piperidine rings is 1. The number of morpholine rings is 1. The molecule has 2 atom stereocenters. The van der Waals surface area contributed by atoms with Gasteiger partial charge < -0.3 is 24.8 Å². The number of anilines is 2. The minimum absolute atomic E-state index is 0.0145. The van der Waals surface area contributed by atoms with E-state index < -0.39 is 0 Å². The zero-order valence-corrected chi connectivity index (χ0v) is 17.2. The Labute approximate surface area is 163 Å². The lowest BCUT2D eigenvalue weighted by Crippen LogP contribution is -2.50. The fourth-order valence-corrected chi connectivity index (χ4v) is 4.19. The number of rotatable bonds is 4. The predicted molar refractivity (Wildman–Crippen MR) is 111 cm³/mol. The molecule has 6 heteroatoms. The number of hydrogen-bond acceptors (Lipinski definition) is 4. The maximum atomic E-state index is 12.8. The first-order valence-electron chi connectivity index (χ1n) is 10.2. The Kier molecular flexibility index (Phi) is 6.60. The van der Waals surface area contributed by atoms with E-state index in [0.717, 1.165) is 63.5 Å². The standard InChI is InChI=1S/C21H34N4O2/c1-5-24-9-8-18(15-17(24)3)23(4)21(26)22-20-7-6-19(14-16(20)2)25-10-12-27-13-11-25/h6-7,14,17-18H,5,8-13,15H2,1-4H3,(H,22,26)/t17-,18+/m1/s1. The molecule has 3 rings (SSSR count). The summed E-state index contributed by atoms with van der Waals surface area (Å²) < 4.78 is 5.43. The van der Waals surface area contributed by atoms with Gasteiger partial charge in [0.2, 0.25) is 0 Å². The summed E-state index contributed by atoms with van der Waals surface area (Å²) in [6.45, 7) is 12.1. The molecule has 2 heterocycles. The molecule has 2 saturated heterocycles. The maximum Gasteiger partial charge on any atom is 0.321 e. The molecule has 1 aromatic rings. The molecule has 1 N–H and O–H groups in total. The minimum Gasteiger partial charge on any atom is -0.378 e. The molecule has 2 aliphatic heterocycles. The van der Waals surface area contributed by atoms with Crippen LogP contribution in [0.3, 0.4) is 0 Å². The van der Waals surface area contributed by atoms with E-state index in [1.807, 2.05) is 18.0 Å². The Morgan fingerprint density at radius 3 is 2.67 bits per heavy atom. The van der Waals surface area contributed by atoms with Gasteiger partial charge in [0.05, 0.1) is 13.2 Å². The second-order valence-corrected chi connectivity index (χ2v) is 7.80. The molecule has 1 aromatic carbocycles. The van der Waals surface area contributed by atoms with Gasteiger partial charge in [0.15, 0.2) is 0 Å². The van der Waals surface area contributed by atoms with E-state index in [-0.39, 0.29) is 6.03 Å². The first kappa shape index (κ1) is 20.0. The third-order valence-corrected chi connectivity index (χ3v) is 6.09. The van der Waals surface area contributed by atoms with Crippen molar-refractivity contribution in [2.45, 2.75) is 45.7 Å². The topological polar surface area (TPSA) is 48.0 Å². The van der Waals surface area contributed by atoms with Crippen molar-refractivity contribution >= 4 is 17.4 Å². The fraction of sp³-hybridized carbons (Fsp3) is 0.667. The van der Waals surface area contributed by atoms with E-state index in [1.54, 1.807) is 0 Å². The van der Waals surface area contributed by atoms with Crippen LogP contribution in [0.25, 0.3) is 0 Å². The van der Waals surface area contributed by atoms with Crippen molar-refractivity contribution in [1.82, 2.24) is 9.80 Å². The predicted octanol–water partition coefficient (Wildman–Crippen LogP) is 3.17. The number of likely N-dealkylation sites (tertiary alicyclic amines) is 1. The van der Waals surface area contributed by atoms with Crippen LogP contribution in [0.1, 0.15) is 32.3 Å². The highest BCUT2D eigenvalue weighted by molar-refractivity contribution is 5.90. The Bertz CT molecular complexity index is 645. The quantitative estimate of drug-likeness (QED) is 0.879. The number of benzene rings is 1. The van der Waals surface area contributed by atoms with E-state index in [4.69, 9.17) is 4.74 Å². The number of nitrogens with zero attached hydrogens (tertiary/aromatic N) is 3. The average molecular weight is 375 g/mol. The summed E-state index contributed by atoms with van der Waals surface area (Å²) in [4.78, 5) is 19.5. The fourth-order valence-electron chi connectivity index (χ4n) is 4.19. The van der Waals surface area contributed by atoms with Crippen LogP contribution < -0.4 is 10.2 Å². The van der Waals surface area contributed by atoms with E-state index in [9.17, 15) is 4.79 Å². The van der Waals surface area contributed by atoms with E-state index in [1.165, 1.54) is 5.69 Å². The highest BCUT2D eigenvalue weighted by Gasteiger charge is 2.29. The number of aryl methyl sites for hydroxylation is 1. The van der Waals surface area contributed by atoms with Gasteiger partial charge in [-0.05, 0) is 57.0 Å². The third-order valence-electron chi connectivity index (χ3n) is 6.09. The smallest absolute Gasteiger partial charge is 0.321 e. The first-order chi connectivity index (χ1) is 13.0. The van der Waals surface area contributed by atoms with Gasteiger partial charge in [-0.2, -0.15) is 0 Å². The van der Waals surface area contributed by atoms with E-state index in [2.05, 4.69) is 48.0 Å². The summed E-state index contributed by atoms with van der Waals surface area (Å²) in [7, 11) is 1.92. The molecule has 0 aliphatic carbocycles. The molecule has 0 radical (unpaired) electrons. The molecule has 0 saturated carbocycles.